The summed E-state index contributed by atoms with van der Waals surface area (Å²) in [7, 11) is 0. The zero-order valence-corrected chi connectivity index (χ0v) is 9.72. The van der Waals surface area contributed by atoms with Crippen molar-refractivity contribution in [3.05, 3.63) is 24.0 Å². The molecule has 1 aliphatic heterocycles. The van der Waals surface area contributed by atoms with E-state index in [0.29, 0.717) is 5.69 Å². The Morgan fingerprint density at radius 3 is 3.18 bits per heavy atom. The molecule has 0 spiro atoms. The molecule has 17 heavy (non-hydrogen) atoms. The van der Waals surface area contributed by atoms with E-state index in [0.717, 1.165) is 19.4 Å². The number of anilines is 1. The van der Waals surface area contributed by atoms with Crippen molar-refractivity contribution in [2.75, 3.05) is 11.9 Å². The molecule has 2 heterocycles. The molecule has 0 amide bonds. The Morgan fingerprint density at radius 2 is 2.53 bits per heavy atom. The predicted molar refractivity (Wildman–Crippen MR) is 63.3 cm³/mol. The van der Waals surface area contributed by atoms with Crippen LogP contribution >= 0.6 is 0 Å². The van der Waals surface area contributed by atoms with E-state index in [9.17, 15) is 4.79 Å². The molecule has 0 aromatic carbocycles. The molecule has 1 aromatic heterocycles. The van der Waals surface area contributed by atoms with Crippen LogP contribution in [0.2, 0.25) is 0 Å². The summed E-state index contributed by atoms with van der Waals surface area (Å²) in [6.45, 7) is 2.79. The van der Waals surface area contributed by atoms with Gasteiger partial charge in [-0.2, -0.15) is 0 Å². The molecule has 0 bridgehead atoms. The fourth-order valence-electron chi connectivity index (χ4n) is 2.03. The number of carboxylic acids is 1. The van der Waals surface area contributed by atoms with Gasteiger partial charge in [0.25, 0.3) is 0 Å². The number of hydrogen-bond acceptors (Lipinski definition) is 4. The molecule has 2 atom stereocenters. The summed E-state index contributed by atoms with van der Waals surface area (Å²) >= 11 is 0. The van der Waals surface area contributed by atoms with Gasteiger partial charge in [0, 0.05) is 25.0 Å². The molecule has 2 unspecified atom stereocenters. The largest absolute Gasteiger partial charge is 0.478 e. The summed E-state index contributed by atoms with van der Waals surface area (Å²) in [5.41, 5.74) is 0.785. The third-order valence-electron chi connectivity index (χ3n) is 2.96. The normalized spacial score (nSPS) is 21.1. The van der Waals surface area contributed by atoms with Gasteiger partial charge < -0.3 is 15.2 Å². The van der Waals surface area contributed by atoms with Crippen molar-refractivity contribution in [3.8, 4) is 0 Å². The van der Waals surface area contributed by atoms with Crippen molar-refractivity contribution in [2.24, 2.45) is 0 Å². The van der Waals surface area contributed by atoms with Gasteiger partial charge in [-0.05, 0) is 25.8 Å². The highest BCUT2D eigenvalue weighted by molar-refractivity contribution is 5.93. The zero-order valence-electron chi connectivity index (χ0n) is 9.72. The molecule has 0 saturated carbocycles. The first-order chi connectivity index (χ1) is 8.18. The molecule has 92 valence electrons. The maximum absolute atomic E-state index is 11.0. The summed E-state index contributed by atoms with van der Waals surface area (Å²) in [6.07, 6.45) is 5.18. The Bertz CT molecular complexity index is 402. The number of nitrogens with zero attached hydrogens (tertiary/aromatic N) is 1. The van der Waals surface area contributed by atoms with Crippen molar-refractivity contribution in [1.82, 2.24) is 4.98 Å². The van der Waals surface area contributed by atoms with E-state index >= 15 is 0 Å². The SMILES string of the molecule is CC(Nc1ccncc1C(=O)O)C1CCCO1. The Morgan fingerprint density at radius 1 is 1.71 bits per heavy atom. The number of ether oxygens (including phenoxy) is 1. The molecule has 2 N–H and O–H groups in total. The second kappa shape index (κ2) is 5.14. The fourth-order valence-corrected chi connectivity index (χ4v) is 2.03. The van der Waals surface area contributed by atoms with E-state index in [2.05, 4.69) is 10.3 Å². The second-order valence-electron chi connectivity index (χ2n) is 4.21. The Hall–Kier alpha value is -1.62. The average Bonchev–Trinajstić information content (AvgIpc) is 2.83. The van der Waals surface area contributed by atoms with Crippen LogP contribution in [0.1, 0.15) is 30.1 Å². The van der Waals surface area contributed by atoms with Gasteiger partial charge in [-0.25, -0.2) is 4.79 Å². The van der Waals surface area contributed by atoms with Crippen LogP contribution in [0, 0.1) is 0 Å². The predicted octanol–water partition coefficient (Wildman–Crippen LogP) is 1.76. The number of nitrogens with one attached hydrogen (secondary N) is 1. The van der Waals surface area contributed by atoms with E-state index in [1.54, 1.807) is 12.3 Å². The lowest BCUT2D eigenvalue weighted by Gasteiger charge is -2.21. The summed E-state index contributed by atoms with van der Waals surface area (Å²) in [4.78, 5) is 14.8. The van der Waals surface area contributed by atoms with Crippen LogP contribution in [0.25, 0.3) is 0 Å². The zero-order chi connectivity index (χ0) is 12.3. The molecule has 0 radical (unpaired) electrons. The standard InChI is InChI=1S/C12H16N2O3/c1-8(11-3-2-6-17-11)14-10-4-5-13-7-9(10)12(15)16/h4-5,7-8,11H,2-3,6H2,1H3,(H,13,14)(H,15,16). The number of rotatable bonds is 4. The maximum Gasteiger partial charge on any atom is 0.339 e. The van der Waals surface area contributed by atoms with Crippen molar-refractivity contribution >= 4 is 11.7 Å². The van der Waals surface area contributed by atoms with Gasteiger partial charge in [-0.15, -0.1) is 0 Å². The van der Waals surface area contributed by atoms with Gasteiger partial charge in [-0.1, -0.05) is 0 Å². The molecule has 0 aliphatic carbocycles. The van der Waals surface area contributed by atoms with Crippen molar-refractivity contribution in [3.63, 3.8) is 0 Å². The first-order valence-corrected chi connectivity index (χ1v) is 5.74. The minimum atomic E-state index is -0.972. The van der Waals surface area contributed by atoms with E-state index < -0.39 is 5.97 Å². The highest BCUT2D eigenvalue weighted by Crippen LogP contribution is 2.21. The highest BCUT2D eigenvalue weighted by Gasteiger charge is 2.23. The third-order valence-corrected chi connectivity index (χ3v) is 2.96. The molecular weight excluding hydrogens is 220 g/mol. The van der Waals surface area contributed by atoms with Crippen LogP contribution in [-0.2, 0) is 4.74 Å². The number of pyridine rings is 1. The lowest BCUT2D eigenvalue weighted by molar-refractivity contribution is 0.0696. The van der Waals surface area contributed by atoms with Gasteiger partial charge in [0.15, 0.2) is 0 Å². The average molecular weight is 236 g/mol. The molecule has 5 heteroatoms. The number of carbonyl (C=O) groups is 1. The van der Waals surface area contributed by atoms with E-state index in [1.807, 2.05) is 6.92 Å². The highest BCUT2D eigenvalue weighted by atomic mass is 16.5. The molecule has 1 aliphatic rings. The lowest BCUT2D eigenvalue weighted by Crippen LogP contribution is -2.30. The van der Waals surface area contributed by atoms with Crippen LogP contribution in [-0.4, -0.2) is 34.8 Å². The Labute approximate surface area is 99.8 Å². The van der Waals surface area contributed by atoms with Crippen LogP contribution in [0.15, 0.2) is 18.5 Å². The number of carboxylic acid groups (broad SMARTS) is 1. The molecule has 1 saturated heterocycles. The first-order valence-electron chi connectivity index (χ1n) is 5.74. The second-order valence-corrected chi connectivity index (χ2v) is 4.21. The van der Waals surface area contributed by atoms with Crippen LogP contribution in [0.3, 0.4) is 0 Å². The quantitative estimate of drug-likeness (QED) is 0.833. The van der Waals surface area contributed by atoms with Gasteiger partial charge in [0.05, 0.1) is 11.8 Å². The smallest absolute Gasteiger partial charge is 0.339 e. The van der Waals surface area contributed by atoms with E-state index in [4.69, 9.17) is 9.84 Å². The minimum Gasteiger partial charge on any atom is -0.478 e. The summed E-state index contributed by atoms with van der Waals surface area (Å²) in [5.74, 6) is -0.972. The molecular formula is C12H16N2O3. The molecule has 1 aromatic rings. The van der Waals surface area contributed by atoms with Crippen LogP contribution in [0.4, 0.5) is 5.69 Å². The van der Waals surface area contributed by atoms with Gasteiger partial charge in [0.1, 0.15) is 5.56 Å². The minimum absolute atomic E-state index is 0.0954. The van der Waals surface area contributed by atoms with Crippen LogP contribution < -0.4 is 5.32 Å². The van der Waals surface area contributed by atoms with Crippen molar-refractivity contribution in [1.29, 1.82) is 0 Å². The van der Waals surface area contributed by atoms with E-state index in [1.165, 1.54) is 6.20 Å². The molecule has 2 rings (SSSR count). The third kappa shape index (κ3) is 2.74. The van der Waals surface area contributed by atoms with Crippen molar-refractivity contribution < 1.29 is 14.6 Å². The monoisotopic (exact) mass is 236 g/mol. The summed E-state index contributed by atoms with van der Waals surface area (Å²) < 4.78 is 5.56. The Kier molecular flexibility index (Phi) is 3.58. The van der Waals surface area contributed by atoms with Gasteiger partial charge >= 0.3 is 5.97 Å². The Balaban J connectivity index is 2.09. The van der Waals surface area contributed by atoms with E-state index in [-0.39, 0.29) is 17.7 Å². The maximum atomic E-state index is 11.0. The first kappa shape index (κ1) is 11.9. The van der Waals surface area contributed by atoms with Gasteiger partial charge in [0.2, 0.25) is 0 Å². The number of hydrogen-bond donors (Lipinski definition) is 2. The van der Waals surface area contributed by atoms with Crippen molar-refractivity contribution in [2.45, 2.75) is 31.9 Å². The molecule has 5 nitrogen and oxygen atoms in total. The summed E-state index contributed by atoms with van der Waals surface area (Å²) in [5, 5.41) is 12.2. The summed E-state index contributed by atoms with van der Waals surface area (Å²) in [6, 6.07) is 1.77. The fraction of sp³-hybridized carbons (Fsp3) is 0.500. The van der Waals surface area contributed by atoms with Crippen LogP contribution in [0.5, 0.6) is 0 Å². The number of aromatic carboxylic acids is 1. The molecule has 1 fully saturated rings. The van der Waals surface area contributed by atoms with Gasteiger partial charge in [-0.3, -0.25) is 4.98 Å². The lowest BCUT2D eigenvalue weighted by atomic mass is 10.1. The number of aromatic nitrogens is 1. The topological polar surface area (TPSA) is 71.5 Å².